The summed E-state index contributed by atoms with van der Waals surface area (Å²) in [5, 5.41) is 39.4. The van der Waals surface area contributed by atoms with Crippen LogP contribution in [0.2, 0.25) is 0 Å². The number of thiophene rings is 1. The molecule has 0 aliphatic carbocycles. The first kappa shape index (κ1) is 26.1. The number of hydrogen-bond donors (Lipinski definition) is 2. The van der Waals surface area contributed by atoms with Gasteiger partial charge in [0.15, 0.2) is 0 Å². The average molecular weight is 527 g/mol. The van der Waals surface area contributed by atoms with Gasteiger partial charge in [0.25, 0.3) is 5.91 Å². The van der Waals surface area contributed by atoms with Crippen LogP contribution in [0.5, 0.6) is 5.75 Å². The Morgan fingerprint density at radius 2 is 1.97 bits per heavy atom. The molecular formula is C24H26N6O6S. The van der Waals surface area contributed by atoms with Crippen LogP contribution in [0, 0.1) is 18.3 Å². The number of carboxylic acids is 1. The van der Waals surface area contributed by atoms with Crippen molar-refractivity contribution >= 4 is 28.2 Å². The molecule has 2 aromatic heterocycles. The fraction of sp³-hybridized carbons (Fsp3) is 0.375. The zero-order chi connectivity index (χ0) is 26.7. The summed E-state index contributed by atoms with van der Waals surface area (Å²) in [4.78, 5) is 29.2. The maximum Gasteiger partial charge on any atom is 0.326 e. The van der Waals surface area contributed by atoms with Gasteiger partial charge in [-0.15, -0.1) is 4.80 Å². The highest BCUT2D eigenvalue weighted by Gasteiger charge is 2.45. The van der Waals surface area contributed by atoms with E-state index in [1.807, 2.05) is 24.3 Å². The Bertz CT molecular complexity index is 1320. The smallest absolute Gasteiger partial charge is 0.326 e. The Labute approximate surface area is 216 Å². The molecule has 0 spiro atoms. The number of carbonyl (C=O) groups is 2. The molecular weight excluding hydrogens is 500 g/mol. The van der Waals surface area contributed by atoms with Crippen molar-refractivity contribution in [3.8, 4) is 16.8 Å². The minimum absolute atomic E-state index is 0.0298. The van der Waals surface area contributed by atoms with E-state index in [-0.39, 0.29) is 25.1 Å². The van der Waals surface area contributed by atoms with E-state index in [1.54, 1.807) is 13.0 Å². The SMILES string of the molecule is COc1ccccc1[C@H](CN1c2sc(-n3nccn3)c(C)c2C(=O)N(C(C)C(=O)O)C1O)OCCC#N. The molecule has 0 saturated heterocycles. The number of fused-ring (bicyclic) bond motifs is 1. The zero-order valence-corrected chi connectivity index (χ0v) is 21.3. The number of nitriles is 1. The first-order chi connectivity index (χ1) is 17.8. The van der Waals surface area contributed by atoms with Gasteiger partial charge in [0, 0.05) is 11.1 Å². The fourth-order valence-corrected chi connectivity index (χ4v) is 5.45. The summed E-state index contributed by atoms with van der Waals surface area (Å²) in [6.07, 6.45) is 0.876. The van der Waals surface area contributed by atoms with Crippen LogP contribution in [0.15, 0.2) is 36.7 Å². The molecule has 13 heteroatoms. The lowest BCUT2D eigenvalue weighted by Gasteiger charge is -2.43. The Morgan fingerprint density at radius 3 is 2.62 bits per heavy atom. The largest absolute Gasteiger partial charge is 0.496 e. The number of methoxy groups -OCH3 is 1. The Morgan fingerprint density at radius 1 is 1.27 bits per heavy atom. The molecule has 2 N–H and O–H groups in total. The molecule has 1 aromatic carbocycles. The minimum Gasteiger partial charge on any atom is -0.496 e. The number of aliphatic carboxylic acids is 1. The molecule has 3 heterocycles. The lowest BCUT2D eigenvalue weighted by molar-refractivity contribution is -0.145. The summed E-state index contributed by atoms with van der Waals surface area (Å²) >= 11 is 1.20. The number of carboxylic acid groups (broad SMARTS) is 1. The van der Waals surface area contributed by atoms with Gasteiger partial charge in [0.1, 0.15) is 27.9 Å². The monoisotopic (exact) mass is 526 g/mol. The van der Waals surface area contributed by atoms with Gasteiger partial charge < -0.3 is 24.6 Å². The van der Waals surface area contributed by atoms with Gasteiger partial charge in [0.2, 0.25) is 6.35 Å². The molecule has 1 aliphatic rings. The van der Waals surface area contributed by atoms with E-state index in [4.69, 9.17) is 14.7 Å². The lowest BCUT2D eigenvalue weighted by Crippen LogP contribution is -2.60. The minimum atomic E-state index is -1.60. The molecule has 12 nitrogen and oxygen atoms in total. The summed E-state index contributed by atoms with van der Waals surface area (Å²) in [5.74, 6) is -1.32. The average Bonchev–Trinajstić information content (AvgIpc) is 3.53. The van der Waals surface area contributed by atoms with Crippen LogP contribution in [-0.4, -0.2) is 74.6 Å². The van der Waals surface area contributed by atoms with E-state index in [0.717, 1.165) is 4.90 Å². The van der Waals surface area contributed by atoms with Crippen molar-refractivity contribution in [3.05, 3.63) is 53.3 Å². The fourth-order valence-electron chi connectivity index (χ4n) is 4.21. The molecule has 1 amide bonds. The molecule has 4 rings (SSSR count). The van der Waals surface area contributed by atoms with Crippen molar-refractivity contribution in [2.75, 3.05) is 25.2 Å². The highest BCUT2D eigenvalue weighted by atomic mass is 32.1. The van der Waals surface area contributed by atoms with Gasteiger partial charge in [-0.2, -0.15) is 15.5 Å². The first-order valence-electron chi connectivity index (χ1n) is 11.4. The molecule has 194 valence electrons. The van der Waals surface area contributed by atoms with E-state index in [1.165, 1.54) is 47.5 Å². The number of rotatable bonds is 10. The second-order valence-electron chi connectivity index (χ2n) is 8.27. The van der Waals surface area contributed by atoms with Crippen LogP contribution < -0.4 is 9.64 Å². The molecule has 1 aliphatic heterocycles. The van der Waals surface area contributed by atoms with Crippen LogP contribution in [0.25, 0.3) is 5.00 Å². The highest BCUT2D eigenvalue weighted by Crippen LogP contribution is 2.44. The van der Waals surface area contributed by atoms with Gasteiger partial charge in [-0.25, -0.2) is 4.79 Å². The van der Waals surface area contributed by atoms with E-state index in [2.05, 4.69) is 10.2 Å². The third-order valence-electron chi connectivity index (χ3n) is 6.10. The van der Waals surface area contributed by atoms with Gasteiger partial charge in [-0.3, -0.25) is 9.69 Å². The quantitative estimate of drug-likeness (QED) is 0.376. The van der Waals surface area contributed by atoms with Crippen molar-refractivity contribution in [2.45, 2.75) is 38.8 Å². The molecule has 2 unspecified atom stereocenters. The molecule has 0 fully saturated rings. The summed E-state index contributed by atoms with van der Waals surface area (Å²) in [5.41, 5.74) is 1.49. The van der Waals surface area contributed by atoms with Crippen LogP contribution in [0.3, 0.4) is 0 Å². The second-order valence-corrected chi connectivity index (χ2v) is 9.24. The van der Waals surface area contributed by atoms with Crippen molar-refractivity contribution in [2.24, 2.45) is 0 Å². The third-order valence-corrected chi connectivity index (χ3v) is 7.39. The Balaban J connectivity index is 1.83. The van der Waals surface area contributed by atoms with Crippen molar-refractivity contribution in [1.82, 2.24) is 19.9 Å². The summed E-state index contributed by atoms with van der Waals surface area (Å²) in [6.45, 7) is 3.22. The number of aliphatic hydroxyl groups excluding tert-OH is 1. The number of amides is 1. The van der Waals surface area contributed by atoms with Crippen molar-refractivity contribution in [3.63, 3.8) is 0 Å². The second kappa shape index (κ2) is 11.0. The summed E-state index contributed by atoms with van der Waals surface area (Å²) in [7, 11) is 1.53. The number of aliphatic hydroxyl groups is 1. The van der Waals surface area contributed by atoms with Crippen molar-refractivity contribution in [1.29, 1.82) is 5.26 Å². The van der Waals surface area contributed by atoms with Gasteiger partial charge >= 0.3 is 5.97 Å². The summed E-state index contributed by atoms with van der Waals surface area (Å²) in [6, 6.07) is 7.94. The van der Waals surface area contributed by atoms with Crippen LogP contribution in [0.1, 0.15) is 40.9 Å². The molecule has 0 radical (unpaired) electrons. The molecule has 3 atom stereocenters. The van der Waals surface area contributed by atoms with Crippen LogP contribution >= 0.6 is 11.3 Å². The standard InChI is InChI=1S/C24H26N6O6S/c1-14-19-20(31)29(15(2)23(32)33)24(34)28(22(19)37-21(14)30-26-10-11-27-30)13-18(36-12-6-9-25)16-7-4-5-8-17(16)35-3/h4-5,7-8,10-11,15,18,24,34H,6,12-13H2,1-3H3,(H,32,33)/t15?,18-,24?/m0/s1. The van der Waals surface area contributed by atoms with Gasteiger partial charge in [0.05, 0.1) is 50.7 Å². The van der Waals surface area contributed by atoms with Gasteiger partial charge in [-0.05, 0) is 19.9 Å². The molecule has 0 saturated carbocycles. The molecule has 0 bridgehead atoms. The molecule has 3 aromatic rings. The van der Waals surface area contributed by atoms with E-state index < -0.39 is 30.4 Å². The summed E-state index contributed by atoms with van der Waals surface area (Å²) < 4.78 is 11.6. The maximum atomic E-state index is 13.5. The Kier molecular flexibility index (Phi) is 7.72. The number of ether oxygens (including phenoxy) is 2. The number of hydrogen-bond acceptors (Lipinski definition) is 10. The van der Waals surface area contributed by atoms with Crippen molar-refractivity contribution < 1.29 is 29.3 Å². The van der Waals surface area contributed by atoms with Gasteiger partial charge in [-0.1, -0.05) is 29.5 Å². The van der Waals surface area contributed by atoms with E-state index in [0.29, 0.717) is 26.9 Å². The number of para-hydroxylation sites is 1. The number of anilines is 1. The predicted molar refractivity (Wildman–Crippen MR) is 133 cm³/mol. The first-order valence-corrected chi connectivity index (χ1v) is 12.2. The Hall–Kier alpha value is -3.99. The number of aromatic nitrogens is 3. The number of benzene rings is 1. The van der Waals surface area contributed by atoms with E-state index >= 15 is 0 Å². The molecule has 37 heavy (non-hydrogen) atoms. The van der Waals surface area contributed by atoms with Crippen LogP contribution in [0.4, 0.5) is 5.00 Å². The van der Waals surface area contributed by atoms with E-state index in [9.17, 15) is 19.8 Å². The third kappa shape index (κ3) is 4.86. The maximum absolute atomic E-state index is 13.5. The topological polar surface area (TPSA) is 154 Å². The predicted octanol–water partition coefficient (Wildman–Crippen LogP) is 2.33. The number of nitrogens with zero attached hydrogens (tertiary/aromatic N) is 6. The number of carbonyl (C=O) groups excluding carboxylic acids is 1. The lowest BCUT2D eigenvalue weighted by atomic mass is 10.0. The highest BCUT2D eigenvalue weighted by molar-refractivity contribution is 7.19. The zero-order valence-electron chi connectivity index (χ0n) is 20.4. The normalized spacial score (nSPS) is 16.7. The van der Waals surface area contributed by atoms with Crippen LogP contribution in [-0.2, 0) is 9.53 Å².